The summed E-state index contributed by atoms with van der Waals surface area (Å²) in [4.78, 5) is 22.1. The van der Waals surface area contributed by atoms with Crippen LogP contribution in [0.1, 0.15) is 50.7 Å². The first-order valence-electron chi connectivity index (χ1n) is 10.9. The fourth-order valence-corrected chi connectivity index (χ4v) is 4.74. The largest absolute Gasteiger partial charge is 0.487 e. The molecule has 0 aliphatic rings. The fraction of sp³-hybridized carbons (Fsp3) is 0.308. The SMILES string of the molecule is CCCCc1cccc(CCCC)c1O[P+](O)(O)c1cccc(-c2ccccc2)c1. The Hall–Kier alpha value is -2.19. The third-order valence-corrected chi connectivity index (χ3v) is 6.67. The number of unbranched alkanes of at least 4 members (excludes halogenated alkanes) is 2. The van der Waals surface area contributed by atoms with Gasteiger partial charge in [0.1, 0.15) is 0 Å². The Morgan fingerprint density at radius 1 is 0.700 bits per heavy atom. The average Bonchev–Trinajstić information content (AvgIpc) is 2.78. The molecule has 0 radical (unpaired) electrons. The number of para-hydroxylation sites is 1. The lowest BCUT2D eigenvalue weighted by Crippen LogP contribution is -2.17. The van der Waals surface area contributed by atoms with E-state index >= 15 is 0 Å². The van der Waals surface area contributed by atoms with Gasteiger partial charge in [0.15, 0.2) is 11.1 Å². The fourth-order valence-electron chi connectivity index (χ4n) is 3.56. The van der Waals surface area contributed by atoms with Gasteiger partial charge in [-0.05, 0) is 48.9 Å². The molecule has 0 bridgehead atoms. The highest BCUT2D eigenvalue weighted by Crippen LogP contribution is 2.52. The number of benzene rings is 3. The maximum atomic E-state index is 11.1. The molecule has 0 heterocycles. The van der Waals surface area contributed by atoms with Crippen molar-refractivity contribution >= 4 is 13.2 Å². The van der Waals surface area contributed by atoms with Crippen molar-refractivity contribution in [2.45, 2.75) is 52.4 Å². The first-order chi connectivity index (χ1) is 14.5. The van der Waals surface area contributed by atoms with Crippen LogP contribution in [0.25, 0.3) is 11.1 Å². The maximum Gasteiger partial charge on any atom is 0.487 e. The third-order valence-electron chi connectivity index (χ3n) is 5.29. The third kappa shape index (κ3) is 5.70. The van der Waals surface area contributed by atoms with E-state index in [-0.39, 0.29) is 0 Å². The van der Waals surface area contributed by atoms with Crippen LogP contribution in [0.2, 0.25) is 0 Å². The highest BCUT2D eigenvalue weighted by molar-refractivity contribution is 7.68. The van der Waals surface area contributed by atoms with Crippen LogP contribution < -0.4 is 9.83 Å². The van der Waals surface area contributed by atoms with E-state index in [1.807, 2.05) is 66.7 Å². The molecular formula is C26H32O3P+. The predicted octanol–water partition coefficient (Wildman–Crippen LogP) is 6.49. The van der Waals surface area contributed by atoms with Gasteiger partial charge in [-0.3, -0.25) is 4.52 Å². The van der Waals surface area contributed by atoms with Crippen molar-refractivity contribution in [2.75, 3.05) is 0 Å². The molecule has 30 heavy (non-hydrogen) atoms. The van der Waals surface area contributed by atoms with Crippen molar-refractivity contribution in [3.8, 4) is 16.9 Å². The van der Waals surface area contributed by atoms with E-state index in [9.17, 15) is 9.79 Å². The lowest BCUT2D eigenvalue weighted by Gasteiger charge is -2.18. The summed E-state index contributed by atoms with van der Waals surface area (Å²) in [5.74, 6) is 0.655. The molecule has 0 saturated carbocycles. The molecule has 158 valence electrons. The van der Waals surface area contributed by atoms with Crippen molar-refractivity contribution < 1.29 is 14.3 Å². The van der Waals surface area contributed by atoms with Crippen LogP contribution in [0, 0.1) is 0 Å². The minimum atomic E-state index is -3.78. The summed E-state index contributed by atoms with van der Waals surface area (Å²) in [6.07, 6.45) is 5.98. The average molecular weight is 424 g/mol. The van der Waals surface area contributed by atoms with E-state index < -0.39 is 7.94 Å². The van der Waals surface area contributed by atoms with E-state index in [1.54, 1.807) is 6.07 Å². The number of hydrogen-bond acceptors (Lipinski definition) is 3. The maximum absolute atomic E-state index is 11.1. The monoisotopic (exact) mass is 423 g/mol. The minimum absolute atomic E-state index is 0.426. The number of aryl methyl sites for hydroxylation is 2. The summed E-state index contributed by atoms with van der Waals surface area (Å²) in [5.41, 5.74) is 4.08. The molecule has 0 amide bonds. The molecule has 2 N–H and O–H groups in total. The number of rotatable bonds is 10. The summed E-state index contributed by atoms with van der Waals surface area (Å²) in [6.45, 7) is 4.32. The van der Waals surface area contributed by atoms with Crippen molar-refractivity contribution in [2.24, 2.45) is 0 Å². The van der Waals surface area contributed by atoms with Crippen molar-refractivity contribution in [3.05, 3.63) is 83.9 Å². The molecule has 0 fully saturated rings. The van der Waals surface area contributed by atoms with Gasteiger partial charge in [-0.25, -0.2) is 0 Å². The molecule has 4 heteroatoms. The van der Waals surface area contributed by atoms with Crippen LogP contribution in [0.4, 0.5) is 0 Å². The van der Waals surface area contributed by atoms with E-state index in [4.69, 9.17) is 4.52 Å². The second-order valence-corrected chi connectivity index (χ2v) is 9.45. The van der Waals surface area contributed by atoms with Crippen molar-refractivity contribution in [1.82, 2.24) is 0 Å². The Bertz CT molecular complexity index is 912. The van der Waals surface area contributed by atoms with Gasteiger partial charge in [0.05, 0.1) is 0 Å². The van der Waals surface area contributed by atoms with Crippen molar-refractivity contribution in [3.63, 3.8) is 0 Å². The van der Waals surface area contributed by atoms with Gasteiger partial charge in [-0.2, -0.15) is 9.79 Å². The summed E-state index contributed by atoms with van der Waals surface area (Å²) < 4.78 is 6.06. The van der Waals surface area contributed by atoms with Gasteiger partial charge in [0.25, 0.3) is 0 Å². The van der Waals surface area contributed by atoms with E-state index in [0.29, 0.717) is 11.1 Å². The molecule has 3 aromatic carbocycles. The molecule has 3 aromatic rings. The molecule has 0 aromatic heterocycles. The smallest absolute Gasteiger partial charge is 0.280 e. The number of hydrogen-bond donors (Lipinski definition) is 2. The Balaban J connectivity index is 1.94. The molecule has 0 spiro atoms. The molecule has 3 rings (SSSR count). The molecule has 0 atom stereocenters. The Morgan fingerprint density at radius 2 is 1.27 bits per heavy atom. The summed E-state index contributed by atoms with van der Waals surface area (Å²) in [5, 5.41) is 0.426. The summed E-state index contributed by atoms with van der Waals surface area (Å²) in [7, 11) is -3.78. The Labute approximate surface area is 181 Å². The van der Waals surface area contributed by atoms with Crippen LogP contribution in [0.15, 0.2) is 72.8 Å². The van der Waals surface area contributed by atoms with Crippen LogP contribution >= 0.6 is 7.94 Å². The first kappa shape index (κ1) is 22.5. The lowest BCUT2D eigenvalue weighted by molar-refractivity contribution is 0.351. The zero-order valence-corrected chi connectivity index (χ0v) is 18.8. The zero-order valence-electron chi connectivity index (χ0n) is 17.9. The van der Waals surface area contributed by atoms with E-state index in [1.165, 1.54) is 0 Å². The molecule has 3 nitrogen and oxygen atoms in total. The highest BCUT2D eigenvalue weighted by Gasteiger charge is 2.42. The van der Waals surface area contributed by atoms with Gasteiger partial charge < -0.3 is 0 Å². The quantitative estimate of drug-likeness (QED) is 0.367. The standard InChI is InChI=1S/C26H32O3P/c1-3-5-12-22-16-10-17-23(13-6-4-2)26(22)29-30(27,28)25-19-11-18-24(20-25)21-14-8-7-9-15-21/h7-11,14-20,27-28H,3-6,12-13H2,1-2H3/q+1. The first-order valence-corrected chi connectivity index (χ1v) is 12.5. The second kappa shape index (κ2) is 10.7. The predicted molar refractivity (Wildman–Crippen MR) is 127 cm³/mol. The van der Waals surface area contributed by atoms with Gasteiger partial charge in [-0.1, -0.05) is 87.4 Å². The lowest BCUT2D eigenvalue weighted by atomic mass is 10.0. The molecule has 0 aliphatic carbocycles. The topological polar surface area (TPSA) is 49.7 Å². The van der Waals surface area contributed by atoms with Gasteiger partial charge >= 0.3 is 7.94 Å². The van der Waals surface area contributed by atoms with Crippen LogP contribution in [0.5, 0.6) is 5.75 Å². The van der Waals surface area contributed by atoms with Gasteiger partial charge in [0, 0.05) is 11.1 Å². The zero-order chi connectivity index (χ0) is 21.4. The van der Waals surface area contributed by atoms with Crippen LogP contribution in [-0.4, -0.2) is 9.79 Å². The highest BCUT2D eigenvalue weighted by atomic mass is 31.2. The molecule has 0 aliphatic heterocycles. The minimum Gasteiger partial charge on any atom is -0.280 e. The Kier molecular flexibility index (Phi) is 8.04. The van der Waals surface area contributed by atoms with Gasteiger partial charge in [0.2, 0.25) is 0 Å². The summed E-state index contributed by atoms with van der Waals surface area (Å²) in [6, 6.07) is 23.5. The Morgan fingerprint density at radius 3 is 1.87 bits per heavy atom. The molecular weight excluding hydrogens is 391 g/mol. The van der Waals surface area contributed by atoms with E-state index in [2.05, 4.69) is 13.8 Å². The van der Waals surface area contributed by atoms with E-state index in [0.717, 1.165) is 60.8 Å². The van der Waals surface area contributed by atoms with Crippen LogP contribution in [0.3, 0.4) is 0 Å². The normalized spacial score (nSPS) is 11.5. The second-order valence-electron chi connectivity index (χ2n) is 7.66. The molecule has 0 unspecified atom stereocenters. The van der Waals surface area contributed by atoms with Crippen molar-refractivity contribution in [1.29, 1.82) is 0 Å². The summed E-state index contributed by atoms with van der Waals surface area (Å²) >= 11 is 0. The molecule has 0 saturated heterocycles. The van der Waals surface area contributed by atoms with Gasteiger partial charge in [-0.15, -0.1) is 0 Å². The van der Waals surface area contributed by atoms with Crippen LogP contribution in [-0.2, 0) is 12.8 Å².